The van der Waals surface area contributed by atoms with Crippen molar-refractivity contribution in [2.75, 3.05) is 13.2 Å². The van der Waals surface area contributed by atoms with Gasteiger partial charge in [0.1, 0.15) is 0 Å². The lowest BCUT2D eigenvalue weighted by atomic mass is 10.2. The molecule has 0 aromatic rings. The largest absolute Gasteiger partial charge is 0.381 e. The zero-order chi connectivity index (χ0) is 8.36. The van der Waals surface area contributed by atoms with E-state index >= 15 is 0 Å². The molecule has 0 N–H and O–H groups in total. The Morgan fingerprint density at radius 3 is 2.00 bits per heavy atom. The maximum Gasteiger partial charge on any atom is 0.0466 e. The molecule has 0 heterocycles. The molecular weight excluding hydrogens is 136 g/mol. The maximum absolute atomic E-state index is 5.36. The van der Waals surface area contributed by atoms with E-state index in [2.05, 4.69) is 13.8 Å². The Hall–Kier alpha value is -0.0400. The van der Waals surface area contributed by atoms with Crippen molar-refractivity contribution in [3.63, 3.8) is 0 Å². The Kier molecular flexibility index (Phi) is 9.92. The van der Waals surface area contributed by atoms with E-state index in [1.54, 1.807) is 0 Å². The Morgan fingerprint density at radius 2 is 1.36 bits per heavy atom. The van der Waals surface area contributed by atoms with Gasteiger partial charge in [0.05, 0.1) is 0 Å². The Morgan fingerprint density at radius 1 is 0.727 bits per heavy atom. The van der Waals surface area contributed by atoms with Crippen LogP contribution in [0.25, 0.3) is 0 Å². The van der Waals surface area contributed by atoms with E-state index < -0.39 is 0 Å². The van der Waals surface area contributed by atoms with Gasteiger partial charge in [0, 0.05) is 13.2 Å². The third kappa shape index (κ3) is 9.96. The summed E-state index contributed by atoms with van der Waals surface area (Å²) in [5.74, 6) is 0. The predicted octanol–water partition coefficient (Wildman–Crippen LogP) is 3.01. The molecule has 2 radical (unpaired) electrons. The molecule has 0 aliphatic carbocycles. The molecule has 0 fully saturated rings. The molecule has 1 heteroatoms. The molecule has 66 valence electrons. The van der Waals surface area contributed by atoms with Crippen LogP contribution in [0.4, 0.5) is 0 Å². The summed E-state index contributed by atoms with van der Waals surface area (Å²) in [7, 11) is 0. The molecule has 0 aliphatic heterocycles. The summed E-state index contributed by atoms with van der Waals surface area (Å²) < 4.78 is 5.36. The third-order valence-electron chi connectivity index (χ3n) is 1.58. The van der Waals surface area contributed by atoms with Crippen molar-refractivity contribution < 1.29 is 4.74 Å². The minimum atomic E-state index is 0.883. The highest BCUT2D eigenvalue weighted by Crippen LogP contribution is 1.99. The monoisotopic (exact) mass is 156 g/mol. The fraction of sp³-hybridized carbons (Fsp3) is 0.800. The molecule has 0 atom stereocenters. The minimum absolute atomic E-state index is 0.883. The van der Waals surface area contributed by atoms with Crippen LogP contribution in [0.5, 0.6) is 0 Å². The zero-order valence-electron chi connectivity index (χ0n) is 7.48. The smallest absolute Gasteiger partial charge is 0.0466 e. The van der Waals surface area contributed by atoms with E-state index in [-0.39, 0.29) is 0 Å². The van der Waals surface area contributed by atoms with Crippen molar-refractivity contribution in [2.24, 2.45) is 0 Å². The van der Waals surface area contributed by atoms with Gasteiger partial charge in [0.25, 0.3) is 0 Å². The Balaban J connectivity index is 2.69. The van der Waals surface area contributed by atoms with Gasteiger partial charge in [-0.3, -0.25) is 0 Å². The number of hydrogen-bond acceptors (Lipinski definition) is 1. The average Bonchev–Trinajstić information content (AvgIpc) is 2.03. The van der Waals surface area contributed by atoms with Crippen LogP contribution in [0.1, 0.15) is 38.5 Å². The molecule has 0 unspecified atom stereocenters. The van der Waals surface area contributed by atoms with Crippen LogP contribution in [0.15, 0.2) is 0 Å². The zero-order valence-corrected chi connectivity index (χ0v) is 7.48. The van der Waals surface area contributed by atoms with Crippen LogP contribution in [-0.4, -0.2) is 13.2 Å². The van der Waals surface area contributed by atoms with Crippen molar-refractivity contribution in [3.05, 3.63) is 13.8 Å². The average molecular weight is 156 g/mol. The molecule has 0 aliphatic rings. The number of unbranched alkanes of at least 4 members (excludes halogenated alkanes) is 4. The molecule has 0 bridgehead atoms. The van der Waals surface area contributed by atoms with Crippen LogP contribution in [0.2, 0.25) is 0 Å². The maximum atomic E-state index is 5.36. The topological polar surface area (TPSA) is 9.23 Å². The van der Waals surface area contributed by atoms with Crippen LogP contribution in [0.3, 0.4) is 0 Å². The van der Waals surface area contributed by atoms with Crippen LogP contribution < -0.4 is 0 Å². The predicted molar refractivity (Wildman–Crippen MR) is 49.2 cm³/mol. The van der Waals surface area contributed by atoms with Gasteiger partial charge in [-0.1, -0.05) is 39.5 Å². The quantitative estimate of drug-likeness (QED) is 0.491. The standard InChI is InChI=1S/C10H20O/c1-3-5-7-8-10-11-9-6-4-2/h1-10H2. The second-order valence-electron chi connectivity index (χ2n) is 2.73. The SMILES string of the molecule is [CH2]CCCCCOCCC[CH2]. The number of rotatable bonds is 8. The van der Waals surface area contributed by atoms with Crippen molar-refractivity contribution in [2.45, 2.75) is 38.5 Å². The van der Waals surface area contributed by atoms with Gasteiger partial charge in [0.15, 0.2) is 0 Å². The molecule has 0 saturated carbocycles. The first-order valence-corrected chi connectivity index (χ1v) is 4.58. The third-order valence-corrected chi connectivity index (χ3v) is 1.58. The van der Waals surface area contributed by atoms with Crippen molar-refractivity contribution in [1.82, 2.24) is 0 Å². The molecule has 11 heavy (non-hydrogen) atoms. The Bertz CT molecular complexity index is 53.9. The highest BCUT2D eigenvalue weighted by atomic mass is 16.5. The first-order chi connectivity index (χ1) is 5.41. The second kappa shape index (κ2) is 9.96. The summed E-state index contributed by atoms with van der Waals surface area (Å²) in [5, 5.41) is 0. The fourth-order valence-corrected chi connectivity index (χ4v) is 0.864. The van der Waals surface area contributed by atoms with Gasteiger partial charge in [-0.25, -0.2) is 0 Å². The second-order valence-corrected chi connectivity index (χ2v) is 2.73. The molecule has 0 spiro atoms. The molecule has 0 rings (SSSR count). The fourth-order valence-electron chi connectivity index (χ4n) is 0.864. The van der Waals surface area contributed by atoms with Gasteiger partial charge < -0.3 is 4.74 Å². The van der Waals surface area contributed by atoms with E-state index in [0.29, 0.717) is 0 Å². The first kappa shape index (κ1) is 11.0. The van der Waals surface area contributed by atoms with Crippen LogP contribution in [-0.2, 0) is 4.74 Å². The normalized spacial score (nSPS) is 10.4. The summed E-state index contributed by atoms with van der Waals surface area (Å²) in [6, 6.07) is 0. The lowest BCUT2D eigenvalue weighted by molar-refractivity contribution is 0.128. The Labute approximate surface area is 71.1 Å². The van der Waals surface area contributed by atoms with E-state index in [1.165, 1.54) is 19.3 Å². The summed E-state index contributed by atoms with van der Waals surface area (Å²) in [5.41, 5.74) is 0. The van der Waals surface area contributed by atoms with Gasteiger partial charge >= 0.3 is 0 Å². The lowest BCUT2D eigenvalue weighted by Crippen LogP contribution is -1.96. The minimum Gasteiger partial charge on any atom is -0.381 e. The van der Waals surface area contributed by atoms with Crippen LogP contribution in [0, 0.1) is 13.8 Å². The summed E-state index contributed by atoms with van der Waals surface area (Å²) in [6.45, 7) is 9.33. The van der Waals surface area contributed by atoms with E-state index in [0.717, 1.165) is 32.5 Å². The molecule has 0 aromatic carbocycles. The molecular formula is C10H20O. The van der Waals surface area contributed by atoms with E-state index in [4.69, 9.17) is 4.74 Å². The number of hydrogen-bond donors (Lipinski definition) is 0. The molecule has 1 nitrogen and oxygen atoms in total. The van der Waals surface area contributed by atoms with Gasteiger partial charge in [0.2, 0.25) is 0 Å². The number of ether oxygens (including phenoxy) is 1. The highest BCUT2D eigenvalue weighted by Gasteiger charge is 1.88. The summed E-state index contributed by atoms with van der Waals surface area (Å²) >= 11 is 0. The molecule has 0 amide bonds. The molecule has 0 aromatic heterocycles. The van der Waals surface area contributed by atoms with Crippen molar-refractivity contribution in [3.8, 4) is 0 Å². The first-order valence-electron chi connectivity index (χ1n) is 4.58. The van der Waals surface area contributed by atoms with E-state index in [9.17, 15) is 0 Å². The highest BCUT2D eigenvalue weighted by molar-refractivity contribution is 4.44. The van der Waals surface area contributed by atoms with E-state index in [1.807, 2.05) is 0 Å². The molecule has 0 saturated heterocycles. The van der Waals surface area contributed by atoms with Gasteiger partial charge in [-0.15, -0.1) is 0 Å². The van der Waals surface area contributed by atoms with Gasteiger partial charge in [-0.05, 0) is 12.8 Å². The lowest BCUT2D eigenvalue weighted by Gasteiger charge is -2.01. The van der Waals surface area contributed by atoms with Gasteiger partial charge in [-0.2, -0.15) is 0 Å². The van der Waals surface area contributed by atoms with Crippen molar-refractivity contribution in [1.29, 1.82) is 0 Å². The summed E-state index contributed by atoms with van der Waals surface area (Å²) in [6.07, 6.45) is 6.81. The van der Waals surface area contributed by atoms with Crippen LogP contribution >= 0.6 is 0 Å². The summed E-state index contributed by atoms with van der Waals surface area (Å²) in [4.78, 5) is 0. The van der Waals surface area contributed by atoms with Crippen molar-refractivity contribution >= 4 is 0 Å².